The number of nitrogens with zero attached hydrogens (tertiary/aromatic N) is 5. The van der Waals surface area contributed by atoms with Gasteiger partial charge < -0.3 is 46.0 Å². The number of aromatic nitrogens is 2. The van der Waals surface area contributed by atoms with Crippen LogP contribution >= 0.6 is 11.6 Å². The summed E-state index contributed by atoms with van der Waals surface area (Å²) < 4.78 is 5.82. The molecule has 1 saturated carbocycles. The molecule has 4 aromatic rings. The van der Waals surface area contributed by atoms with Crippen molar-refractivity contribution in [1.29, 1.82) is 0 Å². The third-order valence-electron chi connectivity index (χ3n) is 12.3. The lowest BCUT2D eigenvalue weighted by Gasteiger charge is -2.37. The minimum atomic E-state index is -0.634. The average molecular weight is 916 g/mol. The van der Waals surface area contributed by atoms with Gasteiger partial charge in [0.1, 0.15) is 11.1 Å². The molecule has 0 radical (unpaired) electrons. The second-order valence-electron chi connectivity index (χ2n) is 16.7. The average Bonchev–Trinajstić information content (AvgIpc) is 3.66. The van der Waals surface area contributed by atoms with Gasteiger partial charge in [-0.15, -0.1) is 0 Å². The van der Waals surface area contributed by atoms with Gasteiger partial charge in [0.15, 0.2) is 5.82 Å². The van der Waals surface area contributed by atoms with Crippen molar-refractivity contribution in [2.45, 2.75) is 69.6 Å². The van der Waals surface area contributed by atoms with Crippen molar-refractivity contribution in [3.05, 3.63) is 100 Å². The molecule has 0 bridgehead atoms. The summed E-state index contributed by atoms with van der Waals surface area (Å²) in [5.41, 5.74) is 5.10. The van der Waals surface area contributed by atoms with Crippen LogP contribution in [0.25, 0.3) is 0 Å². The van der Waals surface area contributed by atoms with E-state index in [1.54, 1.807) is 31.3 Å². The van der Waals surface area contributed by atoms with Gasteiger partial charge >= 0.3 is 6.03 Å². The van der Waals surface area contributed by atoms with Crippen molar-refractivity contribution in [2.75, 3.05) is 68.5 Å². The molecule has 18 heteroatoms. The van der Waals surface area contributed by atoms with Gasteiger partial charge in [-0.1, -0.05) is 35.6 Å². The summed E-state index contributed by atoms with van der Waals surface area (Å²) in [4.78, 5) is 76.9. The fourth-order valence-electron chi connectivity index (χ4n) is 8.70. The lowest BCUT2D eigenvalue weighted by molar-refractivity contribution is -0.136. The van der Waals surface area contributed by atoms with E-state index in [0.29, 0.717) is 85.3 Å². The molecule has 1 aromatic heterocycles. The van der Waals surface area contributed by atoms with E-state index in [-0.39, 0.29) is 36.2 Å². The van der Waals surface area contributed by atoms with E-state index in [2.05, 4.69) is 58.6 Å². The number of halogens is 1. The Balaban J connectivity index is 0.687. The van der Waals surface area contributed by atoms with Crippen LogP contribution in [0.3, 0.4) is 0 Å². The number of fused-ring (bicyclic) bond motifs is 1. The molecule has 1 unspecified atom stereocenters. The number of para-hydroxylation sites is 1. The maximum absolute atomic E-state index is 13.2. The molecule has 4 aliphatic rings. The quantitative estimate of drug-likeness (QED) is 0.0567. The number of benzene rings is 3. The third kappa shape index (κ3) is 11.4. The maximum atomic E-state index is 13.2. The highest BCUT2D eigenvalue weighted by Gasteiger charge is 2.39. The molecule has 6 amide bonds. The van der Waals surface area contributed by atoms with Gasteiger partial charge in [-0.25, -0.2) is 9.78 Å². The lowest BCUT2D eigenvalue weighted by atomic mass is 9.91. The topological polar surface area (TPSA) is 202 Å². The first-order chi connectivity index (χ1) is 32.1. The number of piperazine rings is 1. The summed E-state index contributed by atoms with van der Waals surface area (Å²) in [7, 11) is 1.58. The van der Waals surface area contributed by atoms with E-state index in [0.717, 1.165) is 67.8 Å². The number of carbonyl (C=O) groups is 5. The molecule has 8 rings (SSSR count). The minimum Gasteiger partial charge on any atom is -0.379 e. The molecule has 17 nitrogen and oxygen atoms in total. The molecule has 0 spiro atoms. The van der Waals surface area contributed by atoms with E-state index in [1.807, 2.05) is 47.4 Å². The summed E-state index contributed by atoms with van der Waals surface area (Å²) in [6.07, 6.45) is 6.47. The summed E-state index contributed by atoms with van der Waals surface area (Å²) in [6.45, 7) is 4.89. The normalized spacial score (nSPS) is 19.3. The number of nitrogens with one attached hydrogen (secondary N) is 6. The zero-order chi connectivity index (χ0) is 46.0. The number of hydrogen-bond acceptors (Lipinski definition) is 12. The highest BCUT2D eigenvalue weighted by Crippen LogP contribution is 2.30. The Labute approximate surface area is 388 Å². The number of anilines is 5. The minimum absolute atomic E-state index is 0.00116. The first-order valence-corrected chi connectivity index (χ1v) is 22.9. The Hall–Kier alpha value is -6.74. The van der Waals surface area contributed by atoms with Gasteiger partial charge in [0.25, 0.3) is 11.8 Å². The molecule has 1 atom stereocenters. The molecule has 66 heavy (non-hydrogen) atoms. The summed E-state index contributed by atoms with van der Waals surface area (Å²) in [6, 6.07) is 20.5. The van der Waals surface area contributed by atoms with E-state index < -0.39 is 11.9 Å². The summed E-state index contributed by atoms with van der Waals surface area (Å²) in [5.74, 6) is 5.87. The second kappa shape index (κ2) is 21.5. The molecule has 1 aliphatic carbocycles. The Morgan fingerprint density at radius 2 is 1.68 bits per heavy atom. The van der Waals surface area contributed by atoms with Gasteiger partial charge in [-0.05, 0) is 92.3 Å². The second-order valence-corrected chi connectivity index (χ2v) is 17.1. The molecule has 3 fully saturated rings. The number of carbonyl (C=O) groups excluding carboxylic acids is 5. The van der Waals surface area contributed by atoms with Gasteiger partial charge in [0, 0.05) is 93.7 Å². The fourth-order valence-corrected chi connectivity index (χ4v) is 8.84. The van der Waals surface area contributed by atoms with E-state index in [9.17, 15) is 24.0 Å². The molecule has 2 saturated heterocycles. The zero-order valence-electron chi connectivity index (χ0n) is 36.8. The fraction of sp³-hybridized carbons (Fsp3) is 0.396. The van der Waals surface area contributed by atoms with Crippen molar-refractivity contribution in [1.82, 2.24) is 41.0 Å². The van der Waals surface area contributed by atoms with Crippen molar-refractivity contribution in [2.24, 2.45) is 0 Å². The predicted molar refractivity (Wildman–Crippen MR) is 251 cm³/mol. The van der Waals surface area contributed by atoms with E-state index >= 15 is 0 Å². The highest BCUT2D eigenvalue weighted by atomic mass is 35.5. The van der Waals surface area contributed by atoms with Gasteiger partial charge in [-0.3, -0.25) is 24.5 Å². The molecule has 344 valence electrons. The van der Waals surface area contributed by atoms with E-state index in [4.69, 9.17) is 16.3 Å². The van der Waals surface area contributed by atoms with Crippen LogP contribution in [0.2, 0.25) is 5.02 Å². The predicted octanol–water partition coefficient (Wildman–Crippen LogP) is 4.93. The molecule has 4 heterocycles. The monoisotopic (exact) mass is 915 g/mol. The van der Waals surface area contributed by atoms with Crippen molar-refractivity contribution in [3.63, 3.8) is 0 Å². The molecular weight excluding hydrogens is 862 g/mol. The smallest absolute Gasteiger partial charge is 0.317 e. The van der Waals surface area contributed by atoms with Crippen LogP contribution in [0, 0.1) is 11.8 Å². The van der Waals surface area contributed by atoms with Gasteiger partial charge in [0.05, 0.1) is 30.7 Å². The standard InChI is InChI=1S/C48H54ClN11O6/c1-50-44(62)38-7-2-3-8-40(38)55-43-39(49)29-52-47(57-43)53-34-14-16-36(17-15-34)58-22-24-59(25-23-58)48(65)54-35-12-10-33(11-13-35)51-21-27-66-26-5-4-6-31-9-18-37-32(28-31)30-60(46(37)64)41-19-20-42(61)56-45(41)63/h2-3,7-9,14-18,28-29,33,35,41,51H,5,10-13,19-27,30H2,1H3,(H,50,62)(H,54,65)(H,56,61,63)(H2,52,53,55,57). The Bertz CT molecular complexity index is 2500. The Morgan fingerprint density at radius 3 is 2.45 bits per heavy atom. The Morgan fingerprint density at radius 1 is 0.909 bits per heavy atom. The van der Waals surface area contributed by atoms with Crippen LogP contribution in [0.1, 0.15) is 76.8 Å². The molecule has 6 N–H and O–H groups in total. The summed E-state index contributed by atoms with van der Waals surface area (Å²) in [5, 5.41) is 18.5. The number of piperidine rings is 1. The Kier molecular flexibility index (Phi) is 14.9. The molecule has 3 aromatic carbocycles. The molecular formula is C48H54ClN11O6. The number of imide groups is 1. The van der Waals surface area contributed by atoms with Crippen LogP contribution in [0.15, 0.2) is 72.9 Å². The third-order valence-corrected chi connectivity index (χ3v) is 12.6. The zero-order valence-corrected chi connectivity index (χ0v) is 37.6. The number of amides is 6. The van der Waals surface area contributed by atoms with E-state index in [1.165, 1.54) is 11.1 Å². The van der Waals surface area contributed by atoms with Gasteiger partial charge in [0.2, 0.25) is 17.8 Å². The number of urea groups is 1. The van der Waals surface area contributed by atoms with Crippen molar-refractivity contribution < 1.29 is 28.7 Å². The maximum Gasteiger partial charge on any atom is 0.317 e. The van der Waals surface area contributed by atoms with Crippen molar-refractivity contribution >= 4 is 70.1 Å². The molecule has 3 aliphatic heterocycles. The highest BCUT2D eigenvalue weighted by molar-refractivity contribution is 6.33. The first-order valence-electron chi connectivity index (χ1n) is 22.5. The first kappa shape index (κ1) is 45.8. The van der Waals surface area contributed by atoms with Crippen LogP contribution < -0.4 is 36.8 Å². The van der Waals surface area contributed by atoms with Crippen LogP contribution in [0.5, 0.6) is 0 Å². The number of ether oxygens (including phenoxy) is 1. The summed E-state index contributed by atoms with van der Waals surface area (Å²) >= 11 is 6.40. The van der Waals surface area contributed by atoms with Crippen LogP contribution in [0.4, 0.5) is 33.6 Å². The number of rotatable bonds is 14. The van der Waals surface area contributed by atoms with Crippen LogP contribution in [-0.2, 0) is 20.9 Å². The van der Waals surface area contributed by atoms with Crippen molar-refractivity contribution in [3.8, 4) is 11.8 Å². The largest absolute Gasteiger partial charge is 0.379 e. The van der Waals surface area contributed by atoms with Crippen LogP contribution in [-0.4, -0.2) is 121 Å². The lowest BCUT2D eigenvalue weighted by Crippen LogP contribution is -2.54. The SMILES string of the molecule is CNC(=O)c1ccccc1Nc1nc(Nc2ccc(N3CCN(C(=O)NC4CCC(NCCOCCC#Cc5ccc6c(c5)CN(C5CCC(=O)NC5=O)C6=O)CC4)CC3)cc2)ncc1Cl. The number of hydrogen-bond donors (Lipinski definition) is 6. The van der Waals surface area contributed by atoms with Gasteiger partial charge in [-0.2, -0.15) is 4.98 Å².